The Balaban J connectivity index is 2.52. The van der Waals surface area contributed by atoms with Crippen molar-refractivity contribution in [3.63, 3.8) is 0 Å². The van der Waals surface area contributed by atoms with E-state index >= 15 is 0 Å². The molecule has 0 saturated heterocycles. The van der Waals surface area contributed by atoms with E-state index < -0.39 is 0 Å². The largest absolute Gasteiger partial charge is 0.289 e. The van der Waals surface area contributed by atoms with Gasteiger partial charge in [-0.15, -0.1) is 0 Å². The third kappa shape index (κ3) is 2.81. The minimum absolute atomic E-state index is 0.130. The van der Waals surface area contributed by atoms with Gasteiger partial charge in [-0.05, 0) is 31.5 Å². The first-order valence-electron chi connectivity index (χ1n) is 5.89. The van der Waals surface area contributed by atoms with Gasteiger partial charge in [0.2, 0.25) is 0 Å². The SMILES string of the molecule is Cc1cc(C)cc(C(=O)c2ccccc2N=[N+]=[N-])c1. The van der Waals surface area contributed by atoms with E-state index in [0.29, 0.717) is 16.8 Å². The average molecular weight is 251 g/mol. The van der Waals surface area contributed by atoms with Gasteiger partial charge in [0, 0.05) is 21.7 Å². The molecule has 0 bridgehead atoms. The Kier molecular flexibility index (Phi) is 3.64. The van der Waals surface area contributed by atoms with E-state index in [2.05, 4.69) is 10.0 Å². The number of carbonyl (C=O) groups excluding carboxylic acids is 1. The van der Waals surface area contributed by atoms with E-state index in [-0.39, 0.29) is 5.78 Å². The first-order chi connectivity index (χ1) is 9.11. The van der Waals surface area contributed by atoms with Gasteiger partial charge < -0.3 is 0 Å². The molecule has 0 spiro atoms. The van der Waals surface area contributed by atoms with Crippen molar-refractivity contribution in [2.45, 2.75) is 13.8 Å². The summed E-state index contributed by atoms with van der Waals surface area (Å²) in [4.78, 5) is 15.2. The van der Waals surface area contributed by atoms with Gasteiger partial charge in [0.15, 0.2) is 5.78 Å². The Bertz CT molecular complexity index is 665. The quantitative estimate of drug-likeness (QED) is 0.343. The van der Waals surface area contributed by atoms with Crippen molar-refractivity contribution in [3.8, 4) is 0 Å². The van der Waals surface area contributed by atoms with Crippen molar-refractivity contribution >= 4 is 11.5 Å². The van der Waals surface area contributed by atoms with Gasteiger partial charge in [-0.1, -0.05) is 46.6 Å². The van der Waals surface area contributed by atoms with Crippen LogP contribution in [0.5, 0.6) is 0 Å². The molecule has 94 valence electrons. The first kappa shape index (κ1) is 12.9. The summed E-state index contributed by atoms with van der Waals surface area (Å²) in [6, 6.07) is 12.5. The normalized spacial score (nSPS) is 9.79. The van der Waals surface area contributed by atoms with Crippen molar-refractivity contribution in [2.75, 3.05) is 0 Å². The Hall–Kier alpha value is -2.58. The molecule has 0 saturated carbocycles. The minimum atomic E-state index is -0.130. The van der Waals surface area contributed by atoms with Crippen molar-refractivity contribution in [1.82, 2.24) is 0 Å². The molecule has 4 heteroatoms. The zero-order chi connectivity index (χ0) is 13.8. The Labute approximate surface area is 111 Å². The molecule has 2 aromatic carbocycles. The van der Waals surface area contributed by atoms with Crippen molar-refractivity contribution in [3.05, 3.63) is 75.2 Å². The number of nitrogens with zero attached hydrogens (tertiary/aromatic N) is 3. The minimum Gasteiger partial charge on any atom is -0.289 e. The summed E-state index contributed by atoms with van der Waals surface area (Å²) in [5, 5.41) is 3.56. The highest BCUT2D eigenvalue weighted by Gasteiger charge is 2.13. The number of hydrogen-bond acceptors (Lipinski definition) is 2. The highest BCUT2D eigenvalue weighted by atomic mass is 16.1. The van der Waals surface area contributed by atoms with E-state index in [1.165, 1.54) is 0 Å². The Morgan fingerprint density at radius 1 is 1.11 bits per heavy atom. The van der Waals surface area contributed by atoms with Crippen LogP contribution in [-0.2, 0) is 0 Å². The van der Waals surface area contributed by atoms with Crippen molar-refractivity contribution in [1.29, 1.82) is 0 Å². The van der Waals surface area contributed by atoms with Crippen LogP contribution in [0, 0.1) is 13.8 Å². The third-order valence-corrected chi connectivity index (χ3v) is 2.79. The van der Waals surface area contributed by atoms with E-state index in [4.69, 9.17) is 5.53 Å². The molecule has 0 fully saturated rings. The molecule has 0 unspecified atom stereocenters. The van der Waals surface area contributed by atoms with Crippen LogP contribution in [0.4, 0.5) is 5.69 Å². The lowest BCUT2D eigenvalue weighted by molar-refractivity contribution is 0.103. The summed E-state index contributed by atoms with van der Waals surface area (Å²) >= 11 is 0. The second kappa shape index (κ2) is 5.38. The average Bonchev–Trinajstić information content (AvgIpc) is 2.38. The number of rotatable bonds is 3. The van der Waals surface area contributed by atoms with Crippen LogP contribution in [0.15, 0.2) is 47.6 Å². The first-order valence-corrected chi connectivity index (χ1v) is 5.89. The summed E-state index contributed by atoms with van der Waals surface area (Å²) in [6.07, 6.45) is 0. The fraction of sp³-hybridized carbons (Fsp3) is 0.133. The number of ketones is 1. The second-order valence-corrected chi connectivity index (χ2v) is 4.41. The summed E-state index contributed by atoms with van der Waals surface area (Å²) in [5.74, 6) is -0.130. The standard InChI is InChI=1S/C15H13N3O/c1-10-7-11(2)9-12(8-10)15(19)13-5-3-4-6-14(13)17-18-16/h3-9H,1-2H3. The van der Waals surface area contributed by atoms with E-state index in [9.17, 15) is 4.79 Å². The van der Waals surface area contributed by atoms with Crippen LogP contribution in [0.2, 0.25) is 0 Å². The second-order valence-electron chi connectivity index (χ2n) is 4.41. The predicted molar refractivity (Wildman–Crippen MR) is 74.6 cm³/mol. The van der Waals surface area contributed by atoms with Gasteiger partial charge >= 0.3 is 0 Å². The fourth-order valence-corrected chi connectivity index (χ4v) is 2.06. The van der Waals surface area contributed by atoms with E-state index in [1.807, 2.05) is 32.0 Å². The predicted octanol–water partition coefficient (Wildman–Crippen LogP) is 4.48. The summed E-state index contributed by atoms with van der Waals surface area (Å²) < 4.78 is 0. The maximum atomic E-state index is 12.5. The zero-order valence-electron chi connectivity index (χ0n) is 10.8. The fourth-order valence-electron chi connectivity index (χ4n) is 2.06. The highest BCUT2D eigenvalue weighted by Crippen LogP contribution is 2.23. The molecule has 0 N–H and O–H groups in total. The molecule has 0 aliphatic rings. The highest BCUT2D eigenvalue weighted by molar-refractivity contribution is 6.12. The molecule has 0 aliphatic heterocycles. The van der Waals surface area contributed by atoms with E-state index in [0.717, 1.165) is 11.1 Å². The Morgan fingerprint density at radius 2 is 1.74 bits per heavy atom. The molecule has 2 rings (SSSR count). The number of hydrogen-bond donors (Lipinski definition) is 0. The zero-order valence-corrected chi connectivity index (χ0v) is 10.8. The molecule has 0 atom stereocenters. The molecule has 0 radical (unpaired) electrons. The monoisotopic (exact) mass is 251 g/mol. The van der Waals surface area contributed by atoms with E-state index in [1.54, 1.807) is 24.3 Å². The van der Waals surface area contributed by atoms with Gasteiger partial charge in [-0.2, -0.15) is 0 Å². The summed E-state index contributed by atoms with van der Waals surface area (Å²) in [5.41, 5.74) is 12.0. The molecule has 0 amide bonds. The van der Waals surface area contributed by atoms with Crippen molar-refractivity contribution in [2.24, 2.45) is 5.11 Å². The molecule has 4 nitrogen and oxygen atoms in total. The summed E-state index contributed by atoms with van der Waals surface area (Å²) in [6.45, 7) is 3.90. The lowest BCUT2D eigenvalue weighted by Crippen LogP contribution is -2.02. The smallest absolute Gasteiger partial charge is 0.193 e. The molecule has 19 heavy (non-hydrogen) atoms. The molecule has 0 aromatic heterocycles. The van der Waals surface area contributed by atoms with Gasteiger partial charge in [0.05, 0.1) is 0 Å². The molecule has 2 aromatic rings. The topological polar surface area (TPSA) is 65.8 Å². The van der Waals surface area contributed by atoms with Crippen molar-refractivity contribution < 1.29 is 4.79 Å². The maximum absolute atomic E-state index is 12.5. The van der Waals surface area contributed by atoms with Crippen LogP contribution >= 0.6 is 0 Å². The molecule has 0 aliphatic carbocycles. The Morgan fingerprint density at radius 3 is 2.37 bits per heavy atom. The van der Waals surface area contributed by atoms with Gasteiger partial charge in [0.1, 0.15) is 0 Å². The van der Waals surface area contributed by atoms with Crippen LogP contribution in [0.1, 0.15) is 27.0 Å². The lowest BCUT2D eigenvalue weighted by atomic mass is 9.98. The van der Waals surface area contributed by atoms with Gasteiger partial charge in [-0.25, -0.2) is 0 Å². The molecular formula is C15H13N3O. The number of benzene rings is 2. The van der Waals surface area contributed by atoms with Crippen LogP contribution < -0.4 is 0 Å². The summed E-state index contributed by atoms with van der Waals surface area (Å²) in [7, 11) is 0. The number of carbonyl (C=O) groups is 1. The number of azide groups is 1. The van der Waals surface area contributed by atoms with Gasteiger partial charge in [0.25, 0.3) is 0 Å². The third-order valence-electron chi connectivity index (χ3n) is 2.79. The van der Waals surface area contributed by atoms with Crippen LogP contribution in [-0.4, -0.2) is 5.78 Å². The van der Waals surface area contributed by atoms with Crippen LogP contribution in [0.25, 0.3) is 10.4 Å². The number of aryl methyl sites for hydroxylation is 2. The van der Waals surface area contributed by atoms with Crippen LogP contribution in [0.3, 0.4) is 0 Å². The van der Waals surface area contributed by atoms with Gasteiger partial charge in [-0.3, -0.25) is 4.79 Å². The molecular weight excluding hydrogens is 238 g/mol. The molecule has 0 heterocycles. The maximum Gasteiger partial charge on any atom is 0.193 e. The lowest BCUT2D eigenvalue weighted by Gasteiger charge is -2.06.